The molecule has 0 radical (unpaired) electrons. The van der Waals surface area contributed by atoms with E-state index in [9.17, 15) is 19.2 Å². The fraction of sp³-hybridized carbons (Fsp3) is 0.545. The van der Waals surface area contributed by atoms with E-state index in [0.29, 0.717) is 12.8 Å². The molecular weight excluding hydrogens is 384 g/mol. The van der Waals surface area contributed by atoms with Gasteiger partial charge in [0.1, 0.15) is 11.6 Å². The number of urea groups is 1. The van der Waals surface area contributed by atoms with E-state index in [1.807, 2.05) is 31.2 Å². The smallest absolute Gasteiger partial charge is 0.325 e. The molecule has 2 saturated carbocycles. The molecule has 1 saturated heterocycles. The van der Waals surface area contributed by atoms with E-state index in [-0.39, 0.29) is 29.7 Å². The second kappa shape index (κ2) is 7.74. The molecule has 1 heterocycles. The molecule has 8 heteroatoms. The Hall–Kier alpha value is -2.90. The number of imide groups is 1. The minimum atomic E-state index is -0.892. The summed E-state index contributed by atoms with van der Waals surface area (Å²) in [4.78, 5) is 50.9. The fourth-order valence-corrected chi connectivity index (χ4v) is 4.29. The molecule has 3 fully saturated rings. The van der Waals surface area contributed by atoms with Gasteiger partial charge >= 0.3 is 6.03 Å². The third-order valence-electron chi connectivity index (χ3n) is 6.40. The number of nitrogens with one attached hydrogen (secondary N) is 3. The highest BCUT2D eigenvalue weighted by Gasteiger charge is 2.54. The first-order valence-electron chi connectivity index (χ1n) is 10.7. The molecule has 1 spiro atoms. The number of carbonyl (C=O) groups is 4. The van der Waals surface area contributed by atoms with Crippen LogP contribution < -0.4 is 16.0 Å². The van der Waals surface area contributed by atoms with Gasteiger partial charge in [-0.25, -0.2) is 9.69 Å². The van der Waals surface area contributed by atoms with Crippen molar-refractivity contribution in [2.45, 2.75) is 70.0 Å². The van der Waals surface area contributed by atoms with Gasteiger partial charge in [0.15, 0.2) is 0 Å². The Balaban J connectivity index is 1.36. The van der Waals surface area contributed by atoms with Gasteiger partial charge in [-0.2, -0.15) is 0 Å². The number of nitrogens with zero attached hydrogens (tertiary/aromatic N) is 1. The van der Waals surface area contributed by atoms with Crippen molar-refractivity contribution in [3.8, 4) is 0 Å². The molecular formula is C22H28N4O4. The third kappa shape index (κ3) is 3.78. The molecule has 5 amide bonds. The Labute approximate surface area is 175 Å². The zero-order valence-electron chi connectivity index (χ0n) is 17.4. The van der Waals surface area contributed by atoms with Crippen LogP contribution in [0.5, 0.6) is 0 Å². The molecule has 1 aromatic rings. The Bertz CT molecular complexity index is 872. The lowest BCUT2D eigenvalue weighted by atomic mass is 9.97. The van der Waals surface area contributed by atoms with Gasteiger partial charge in [-0.1, -0.05) is 25.0 Å². The lowest BCUT2D eigenvalue weighted by molar-refractivity contribution is -0.138. The van der Waals surface area contributed by atoms with Crippen molar-refractivity contribution in [3.05, 3.63) is 29.8 Å². The molecule has 30 heavy (non-hydrogen) atoms. The van der Waals surface area contributed by atoms with Crippen LogP contribution in [0.3, 0.4) is 0 Å². The van der Waals surface area contributed by atoms with Gasteiger partial charge in [-0.05, 0) is 57.2 Å². The Morgan fingerprint density at radius 3 is 2.33 bits per heavy atom. The van der Waals surface area contributed by atoms with Crippen LogP contribution in [-0.4, -0.2) is 40.2 Å². The first-order chi connectivity index (χ1) is 14.3. The molecule has 1 aromatic carbocycles. The lowest BCUT2D eigenvalue weighted by Crippen LogP contribution is -2.50. The van der Waals surface area contributed by atoms with Crippen LogP contribution in [0.2, 0.25) is 0 Å². The summed E-state index contributed by atoms with van der Waals surface area (Å²) in [5.41, 5.74) is 0.769. The minimum absolute atomic E-state index is 0.0477. The summed E-state index contributed by atoms with van der Waals surface area (Å²) in [5, 5.41) is 8.57. The van der Waals surface area contributed by atoms with Gasteiger partial charge in [-0.15, -0.1) is 0 Å². The predicted molar refractivity (Wildman–Crippen MR) is 110 cm³/mol. The van der Waals surface area contributed by atoms with Crippen molar-refractivity contribution >= 4 is 29.4 Å². The molecule has 0 bridgehead atoms. The summed E-state index contributed by atoms with van der Waals surface area (Å²) in [6.07, 6.45) is 4.95. The normalized spacial score (nSPS) is 22.0. The van der Waals surface area contributed by atoms with E-state index in [1.165, 1.54) is 0 Å². The maximum Gasteiger partial charge on any atom is 0.325 e. The average Bonchev–Trinajstić information content (AvgIpc) is 3.42. The summed E-state index contributed by atoms with van der Waals surface area (Å²) < 4.78 is 0. The molecule has 8 nitrogen and oxygen atoms in total. The largest absolute Gasteiger partial charge is 0.348 e. The number of benzene rings is 1. The standard InChI is InChI=1S/C22H28N4O4/c1-13(15-7-9-17(10-8-15)24-19(28)16-5-6-16)23-18(27)14(2)26-20(29)22(25-21(26)30)11-3-4-12-22/h7-10,13-14,16H,3-6,11-12H2,1-2H3,(H,23,27)(H,24,28)(H,25,30). The van der Waals surface area contributed by atoms with Crippen LogP contribution in [0.1, 0.15) is 64.0 Å². The van der Waals surface area contributed by atoms with Crippen molar-refractivity contribution in [3.63, 3.8) is 0 Å². The molecule has 3 N–H and O–H groups in total. The summed E-state index contributed by atoms with van der Waals surface area (Å²) in [6.45, 7) is 3.41. The Kier molecular flexibility index (Phi) is 5.26. The SMILES string of the molecule is CC(NC(=O)C(C)N1C(=O)NC2(CCCC2)C1=O)c1ccc(NC(=O)C2CC2)cc1. The fourth-order valence-electron chi connectivity index (χ4n) is 4.29. The van der Waals surface area contributed by atoms with Crippen LogP contribution in [0.15, 0.2) is 24.3 Å². The van der Waals surface area contributed by atoms with Gasteiger partial charge < -0.3 is 16.0 Å². The van der Waals surface area contributed by atoms with E-state index in [4.69, 9.17) is 0 Å². The highest BCUT2D eigenvalue weighted by atomic mass is 16.2. The van der Waals surface area contributed by atoms with E-state index in [2.05, 4.69) is 16.0 Å². The van der Waals surface area contributed by atoms with Crippen molar-refractivity contribution in [2.24, 2.45) is 5.92 Å². The van der Waals surface area contributed by atoms with Gasteiger partial charge in [0, 0.05) is 11.6 Å². The highest BCUT2D eigenvalue weighted by molar-refractivity contribution is 6.10. The van der Waals surface area contributed by atoms with E-state index >= 15 is 0 Å². The molecule has 4 rings (SSSR count). The number of hydrogen-bond acceptors (Lipinski definition) is 4. The first kappa shape index (κ1) is 20.4. The quantitative estimate of drug-likeness (QED) is 0.624. The molecule has 1 aliphatic heterocycles. The average molecular weight is 412 g/mol. The molecule has 0 aromatic heterocycles. The lowest BCUT2D eigenvalue weighted by Gasteiger charge is -2.25. The van der Waals surface area contributed by atoms with Gasteiger partial charge in [0.25, 0.3) is 5.91 Å². The number of amides is 5. The minimum Gasteiger partial charge on any atom is -0.348 e. The third-order valence-corrected chi connectivity index (χ3v) is 6.40. The first-order valence-corrected chi connectivity index (χ1v) is 10.7. The maximum absolute atomic E-state index is 12.8. The summed E-state index contributed by atoms with van der Waals surface area (Å²) in [6, 6.07) is 5.62. The molecule has 2 atom stereocenters. The maximum atomic E-state index is 12.8. The zero-order valence-corrected chi connectivity index (χ0v) is 17.4. The Morgan fingerprint density at radius 1 is 1.10 bits per heavy atom. The summed E-state index contributed by atoms with van der Waals surface area (Å²) in [7, 11) is 0. The number of hydrogen-bond donors (Lipinski definition) is 3. The molecule has 3 aliphatic rings. The number of anilines is 1. The van der Waals surface area contributed by atoms with Gasteiger partial charge in [-0.3, -0.25) is 14.4 Å². The van der Waals surface area contributed by atoms with Gasteiger partial charge in [0.05, 0.1) is 6.04 Å². The van der Waals surface area contributed by atoms with Crippen molar-refractivity contribution < 1.29 is 19.2 Å². The molecule has 2 unspecified atom stereocenters. The second-order valence-corrected chi connectivity index (χ2v) is 8.69. The van der Waals surface area contributed by atoms with Crippen LogP contribution in [0.25, 0.3) is 0 Å². The number of carbonyl (C=O) groups excluding carboxylic acids is 4. The summed E-state index contributed by atoms with van der Waals surface area (Å²) in [5.74, 6) is -0.493. The zero-order chi connectivity index (χ0) is 21.5. The van der Waals surface area contributed by atoms with Crippen LogP contribution in [0, 0.1) is 5.92 Å². The van der Waals surface area contributed by atoms with Crippen LogP contribution in [-0.2, 0) is 14.4 Å². The number of rotatable bonds is 6. The van der Waals surface area contributed by atoms with Gasteiger partial charge in [0.2, 0.25) is 11.8 Å². The van der Waals surface area contributed by atoms with Crippen molar-refractivity contribution in [2.75, 3.05) is 5.32 Å². The van der Waals surface area contributed by atoms with Crippen molar-refractivity contribution in [1.29, 1.82) is 0 Å². The van der Waals surface area contributed by atoms with Crippen molar-refractivity contribution in [1.82, 2.24) is 15.5 Å². The molecule has 160 valence electrons. The Morgan fingerprint density at radius 2 is 1.73 bits per heavy atom. The van der Waals surface area contributed by atoms with Crippen LogP contribution >= 0.6 is 0 Å². The van der Waals surface area contributed by atoms with Crippen LogP contribution in [0.4, 0.5) is 10.5 Å². The predicted octanol–water partition coefficient (Wildman–Crippen LogP) is 2.47. The monoisotopic (exact) mass is 412 g/mol. The summed E-state index contributed by atoms with van der Waals surface area (Å²) >= 11 is 0. The van der Waals surface area contributed by atoms with E-state index in [0.717, 1.165) is 41.8 Å². The molecule has 2 aliphatic carbocycles. The second-order valence-electron chi connectivity index (χ2n) is 8.69. The topological polar surface area (TPSA) is 108 Å². The highest BCUT2D eigenvalue weighted by Crippen LogP contribution is 2.36. The van der Waals surface area contributed by atoms with E-state index in [1.54, 1.807) is 6.92 Å². The van der Waals surface area contributed by atoms with E-state index < -0.39 is 17.6 Å².